The van der Waals surface area contributed by atoms with E-state index in [1.807, 2.05) is 27.7 Å². The van der Waals surface area contributed by atoms with E-state index in [9.17, 15) is 4.79 Å². The number of hydrogen-bond donors (Lipinski definition) is 1. The summed E-state index contributed by atoms with van der Waals surface area (Å²) in [6, 6.07) is -0.136. The summed E-state index contributed by atoms with van der Waals surface area (Å²) in [5, 5.41) is 15.4. The Hall–Kier alpha value is -2.25. The van der Waals surface area contributed by atoms with E-state index < -0.39 is 0 Å². The van der Waals surface area contributed by atoms with Crippen molar-refractivity contribution in [3.8, 4) is 0 Å². The zero-order valence-electron chi connectivity index (χ0n) is 15.4. The van der Waals surface area contributed by atoms with Crippen molar-refractivity contribution in [2.75, 3.05) is 0 Å². The molecule has 1 N–H and O–H groups in total. The Kier molecular flexibility index (Phi) is 4.87. The maximum absolute atomic E-state index is 12.2. The number of carbonyl (C=O) groups is 1. The molecule has 1 atom stereocenters. The van der Waals surface area contributed by atoms with Crippen molar-refractivity contribution in [1.82, 2.24) is 30.2 Å². The molecular formula is C17H26N6O2. The quantitative estimate of drug-likeness (QED) is 0.860. The number of hydrogen-bond acceptors (Lipinski definition) is 6. The molecular weight excluding hydrogens is 320 g/mol. The molecule has 8 nitrogen and oxygen atoms in total. The lowest BCUT2D eigenvalue weighted by atomic mass is 9.96. The number of rotatable bonds is 6. The van der Waals surface area contributed by atoms with E-state index >= 15 is 0 Å². The van der Waals surface area contributed by atoms with E-state index in [0.717, 1.165) is 31.0 Å². The highest BCUT2D eigenvalue weighted by Gasteiger charge is 2.23. The number of fused-ring (bicyclic) bond motifs is 1. The third-order valence-electron chi connectivity index (χ3n) is 4.34. The third kappa shape index (κ3) is 4.05. The van der Waals surface area contributed by atoms with E-state index in [1.54, 1.807) is 0 Å². The van der Waals surface area contributed by atoms with Crippen LogP contribution in [0.2, 0.25) is 0 Å². The van der Waals surface area contributed by atoms with Crippen LogP contribution in [-0.4, -0.2) is 30.8 Å². The van der Waals surface area contributed by atoms with E-state index in [0.29, 0.717) is 31.0 Å². The minimum atomic E-state index is -0.136. The molecule has 8 heteroatoms. The van der Waals surface area contributed by atoms with Gasteiger partial charge in [-0.1, -0.05) is 25.9 Å². The van der Waals surface area contributed by atoms with E-state index in [4.69, 9.17) is 4.52 Å². The highest BCUT2D eigenvalue weighted by atomic mass is 16.5. The highest BCUT2D eigenvalue weighted by Crippen LogP contribution is 2.20. The number of nitrogens with zero attached hydrogens (tertiary/aromatic N) is 5. The monoisotopic (exact) mass is 346 g/mol. The van der Waals surface area contributed by atoms with Crippen molar-refractivity contribution in [1.29, 1.82) is 0 Å². The minimum absolute atomic E-state index is 0.00147. The predicted molar refractivity (Wildman–Crippen MR) is 90.8 cm³/mol. The fraction of sp³-hybridized carbons (Fsp3) is 0.706. The van der Waals surface area contributed by atoms with Gasteiger partial charge >= 0.3 is 0 Å². The Morgan fingerprint density at radius 2 is 2.16 bits per heavy atom. The van der Waals surface area contributed by atoms with Crippen LogP contribution in [0.4, 0.5) is 0 Å². The van der Waals surface area contributed by atoms with Gasteiger partial charge in [-0.05, 0) is 19.8 Å². The lowest BCUT2D eigenvalue weighted by Crippen LogP contribution is -2.28. The molecule has 0 aromatic carbocycles. The molecule has 0 aliphatic carbocycles. The SMILES string of the molecule is C[C@H](NC(=O)CCCc1nc(C(C)(C)C)no1)c1nnc2n1CCC2. The van der Waals surface area contributed by atoms with Crippen molar-refractivity contribution in [2.24, 2.45) is 0 Å². The molecule has 1 aliphatic heterocycles. The average molecular weight is 346 g/mol. The lowest BCUT2D eigenvalue weighted by molar-refractivity contribution is -0.121. The lowest BCUT2D eigenvalue weighted by Gasteiger charge is -2.13. The highest BCUT2D eigenvalue weighted by molar-refractivity contribution is 5.76. The van der Waals surface area contributed by atoms with Crippen LogP contribution in [0.3, 0.4) is 0 Å². The average Bonchev–Trinajstić information content (AvgIpc) is 3.22. The molecule has 25 heavy (non-hydrogen) atoms. The van der Waals surface area contributed by atoms with Gasteiger partial charge in [0, 0.05) is 31.2 Å². The second-order valence-electron chi connectivity index (χ2n) is 7.63. The first kappa shape index (κ1) is 17.6. The van der Waals surface area contributed by atoms with E-state index in [-0.39, 0.29) is 17.4 Å². The number of aryl methyl sites for hydroxylation is 2. The summed E-state index contributed by atoms with van der Waals surface area (Å²) in [6.07, 6.45) is 3.75. The van der Waals surface area contributed by atoms with Gasteiger partial charge in [-0.25, -0.2) is 0 Å². The molecule has 0 radical (unpaired) electrons. The van der Waals surface area contributed by atoms with Crippen molar-refractivity contribution in [3.05, 3.63) is 23.4 Å². The maximum atomic E-state index is 12.2. The fourth-order valence-electron chi connectivity index (χ4n) is 2.93. The van der Waals surface area contributed by atoms with Crippen LogP contribution < -0.4 is 5.32 Å². The van der Waals surface area contributed by atoms with Crippen molar-refractivity contribution in [3.63, 3.8) is 0 Å². The number of aromatic nitrogens is 5. The number of amides is 1. The second kappa shape index (κ2) is 6.93. The van der Waals surface area contributed by atoms with Gasteiger partial charge in [0.15, 0.2) is 11.6 Å². The molecule has 0 fully saturated rings. The van der Waals surface area contributed by atoms with Crippen LogP contribution in [-0.2, 0) is 29.6 Å². The smallest absolute Gasteiger partial charge is 0.226 e. The Morgan fingerprint density at radius 1 is 1.36 bits per heavy atom. The summed E-state index contributed by atoms with van der Waals surface area (Å²) in [5.74, 6) is 3.13. The maximum Gasteiger partial charge on any atom is 0.226 e. The molecule has 0 unspecified atom stereocenters. The van der Waals surface area contributed by atoms with E-state index in [2.05, 4.69) is 30.2 Å². The van der Waals surface area contributed by atoms with Gasteiger partial charge in [-0.15, -0.1) is 10.2 Å². The first-order valence-electron chi connectivity index (χ1n) is 8.89. The van der Waals surface area contributed by atoms with Gasteiger partial charge in [0.1, 0.15) is 5.82 Å². The van der Waals surface area contributed by atoms with Crippen LogP contribution in [0.5, 0.6) is 0 Å². The van der Waals surface area contributed by atoms with Crippen LogP contribution in [0.15, 0.2) is 4.52 Å². The predicted octanol–water partition coefficient (Wildman–Crippen LogP) is 2.10. The zero-order valence-corrected chi connectivity index (χ0v) is 15.4. The summed E-state index contributed by atoms with van der Waals surface area (Å²) in [5.41, 5.74) is -0.132. The van der Waals surface area contributed by atoms with Gasteiger partial charge in [-0.2, -0.15) is 4.98 Å². The topological polar surface area (TPSA) is 98.7 Å². The molecule has 1 aliphatic rings. The van der Waals surface area contributed by atoms with Gasteiger partial charge in [0.05, 0.1) is 6.04 Å². The molecule has 0 bridgehead atoms. The normalized spacial score (nSPS) is 15.2. The Bertz CT molecular complexity index is 743. The summed E-state index contributed by atoms with van der Waals surface area (Å²) < 4.78 is 7.36. The molecule has 0 spiro atoms. The number of nitrogens with one attached hydrogen (secondary N) is 1. The molecule has 0 saturated carbocycles. The van der Waals surface area contributed by atoms with Crippen molar-refractivity contribution in [2.45, 2.75) is 77.8 Å². The molecule has 1 amide bonds. The molecule has 3 rings (SSSR count). The first-order valence-corrected chi connectivity index (χ1v) is 8.89. The molecule has 2 aromatic heterocycles. The largest absolute Gasteiger partial charge is 0.346 e. The van der Waals surface area contributed by atoms with Crippen LogP contribution >= 0.6 is 0 Å². The summed E-state index contributed by atoms with van der Waals surface area (Å²) >= 11 is 0. The second-order valence-corrected chi connectivity index (χ2v) is 7.63. The van der Waals surface area contributed by atoms with Crippen molar-refractivity contribution < 1.29 is 9.32 Å². The van der Waals surface area contributed by atoms with Crippen LogP contribution in [0, 0.1) is 0 Å². The Labute approximate surface area is 147 Å². The van der Waals surface area contributed by atoms with Crippen LogP contribution in [0.25, 0.3) is 0 Å². The molecule has 136 valence electrons. The fourth-order valence-corrected chi connectivity index (χ4v) is 2.93. The van der Waals surface area contributed by atoms with E-state index in [1.165, 1.54) is 0 Å². The third-order valence-corrected chi connectivity index (χ3v) is 4.34. The van der Waals surface area contributed by atoms with Gasteiger partial charge in [0.2, 0.25) is 11.8 Å². The van der Waals surface area contributed by atoms with Gasteiger partial charge in [-0.3, -0.25) is 4.79 Å². The zero-order chi connectivity index (χ0) is 18.0. The van der Waals surface area contributed by atoms with Crippen LogP contribution in [0.1, 0.15) is 76.4 Å². The van der Waals surface area contributed by atoms with Gasteiger partial charge in [0.25, 0.3) is 0 Å². The van der Waals surface area contributed by atoms with Gasteiger partial charge < -0.3 is 14.4 Å². The molecule has 2 aromatic rings. The Balaban J connectivity index is 1.46. The standard InChI is InChI=1S/C17H26N6O2/c1-11(15-21-20-12-7-6-10-23(12)15)18-13(24)8-5-9-14-19-16(22-25-14)17(2,3)4/h11H,5-10H2,1-4H3,(H,18,24)/t11-/m0/s1. The molecule has 0 saturated heterocycles. The first-order chi connectivity index (χ1) is 11.8. The Morgan fingerprint density at radius 3 is 2.88 bits per heavy atom. The summed E-state index contributed by atoms with van der Waals surface area (Å²) in [4.78, 5) is 16.6. The minimum Gasteiger partial charge on any atom is -0.346 e. The van der Waals surface area contributed by atoms with Crippen molar-refractivity contribution >= 4 is 5.91 Å². The summed E-state index contributed by atoms with van der Waals surface area (Å²) in [6.45, 7) is 9.00. The molecule has 3 heterocycles. The number of carbonyl (C=O) groups excluding carboxylic acids is 1. The summed E-state index contributed by atoms with van der Waals surface area (Å²) in [7, 11) is 0.